The predicted molar refractivity (Wildman–Crippen MR) is 75.0 cm³/mol. The molecular weight excluding hydrogens is 256 g/mol. The lowest BCUT2D eigenvalue weighted by Gasteiger charge is -2.33. The first-order valence-corrected chi connectivity index (χ1v) is 9.15. The summed E-state index contributed by atoms with van der Waals surface area (Å²) in [4.78, 5) is 2.36. The van der Waals surface area contributed by atoms with Gasteiger partial charge in [0, 0.05) is 38.5 Å². The second kappa shape index (κ2) is 6.97. The van der Waals surface area contributed by atoms with E-state index in [1.54, 1.807) is 4.31 Å². The Balaban J connectivity index is 2.15. The minimum Gasteiger partial charge on any atom is -0.300 e. The lowest BCUT2D eigenvalue weighted by molar-refractivity contribution is 0.198. The second-order valence-corrected chi connectivity index (χ2v) is 8.10. The summed E-state index contributed by atoms with van der Waals surface area (Å²) < 4.78 is 24.2. The Morgan fingerprint density at radius 2 is 1.76 bits per heavy atom. The Morgan fingerprint density at radius 3 is 2.24 bits per heavy atom. The molecule has 0 aliphatic carbocycles. The van der Waals surface area contributed by atoms with Crippen LogP contribution in [0.15, 0.2) is 0 Å². The largest absolute Gasteiger partial charge is 0.300 e. The number of nitrogens with zero attached hydrogens (tertiary/aromatic N) is 2. The highest BCUT2D eigenvalue weighted by Crippen LogP contribution is 2.10. The minimum atomic E-state index is -2.98. The van der Waals surface area contributed by atoms with Crippen molar-refractivity contribution in [2.75, 3.05) is 50.5 Å². The van der Waals surface area contributed by atoms with Crippen LogP contribution in [0.4, 0.5) is 0 Å². The minimum absolute atomic E-state index is 0.647. The van der Waals surface area contributed by atoms with Gasteiger partial charge in [0.15, 0.2) is 0 Å². The van der Waals surface area contributed by atoms with Gasteiger partial charge in [0.1, 0.15) is 0 Å². The molecule has 102 valence electrons. The SMILES string of the molecule is CC(C)CSCCN1CCN(S(C)(=O)=O)CC1. The number of rotatable bonds is 6. The van der Waals surface area contributed by atoms with Gasteiger partial charge in [0.2, 0.25) is 10.0 Å². The number of hydrogen-bond donors (Lipinski definition) is 0. The zero-order valence-corrected chi connectivity index (χ0v) is 12.7. The van der Waals surface area contributed by atoms with E-state index in [-0.39, 0.29) is 0 Å². The molecule has 0 N–H and O–H groups in total. The molecule has 1 fully saturated rings. The zero-order chi connectivity index (χ0) is 12.9. The van der Waals surface area contributed by atoms with Gasteiger partial charge in [-0.15, -0.1) is 0 Å². The van der Waals surface area contributed by atoms with Crippen molar-refractivity contribution >= 4 is 21.8 Å². The molecule has 0 aromatic heterocycles. The first kappa shape index (κ1) is 15.3. The van der Waals surface area contributed by atoms with Crippen LogP contribution in [0.2, 0.25) is 0 Å². The Kier molecular flexibility index (Phi) is 6.26. The van der Waals surface area contributed by atoms with Gasteiger partial charge in [0.25, 0.3) is 0 Å². The third-order valence-corrected chi connectivity index (χ3v) is 5.48. The predicted octanol–water partition coefficient (Wildman–Crippen LogP) is 0.953. The maximum Gasteiger partial charge on any atom is 0.211 e. The molecule has 0 amide bonds. The van der Waals surface area contributed by atoms with Crippen molar-refractivity contribution in [3.8, 4) is 0 Å². The van der Waals surface area contributed by atoms with Crippen molar-refractivity contribution in [1.29, 1.82) is 0 Å². The molecule has 0 saturated carbocycles. The maximum absolute atomic E-state index is 11.3. The topological polar surface area (TPSA) is 40.6 Å². The Bertz CT molecular complexity index is 309. The number of thioether (sulfide) groups is 1. The van der Waals surface area contributed by atoms with Gasteiger partial charge in [-0.05, 0) is 11.7 Å². The fraction of sp³-hybridized carbons (Fsp3) is 1.00. The molecule has 6 heteroatoms. The zero-order valence-electron chi connectivity index (χ0n) is 11.1. The second-order valence-electron chi connectivity index (χ2n) is 4.97. The Hall–Kier alpha value is 0.220. The average Bonchev–Trinajstić information content (AvgIpc) is 2.23. The average molecular weight is 280 g/mol. The fourth-order valence-electron chi connectivity index (χ4n) is 1.80. The highest BCUT2D eigenvalue weighted by atomic mass is 32.2. The molecule has 0 radical (unpaired) electrons. The van der Waals surface area contributed by atoms with Gasteiger partial charge in [-0.3, -0.25) is 4.90 Å². The molecule has 0 unspecified atom stereocenters. The van der Waals surface area contributed by atoms with Crippen LogP contribution in [0.3, 0.4) is 0 Å². The molecule has 1 rings (SSSR count). The van der Waals surface area contributed by atoms with Gasteiger partial charge >= 0.3 is 0 Å². The molecule has 0 atom stereocenters. The summed E-state index contributed by atoms with van der Waals surface area (Å²) in [5, 5.41) is 0. The Morgan fingerprint density at radius 1 is 1.18 bits per heavy atom. The van der Waals surface area contributed by atoms with E-state index in [4.69, 9.17) is 0 Å². The molecule has 1 aliphatic rings. The van der Waals surface area contributed by atoms with E-state index in [2.05, 4.69) is 18.7 Å². The van der Waals surface area contributed by atoms with Crippen molar-refractivity contribution in [2.45, 2.75) is 13.8 Å². The lowest BCUT2D eigenvalue weighted by Crippen LogP contribution is -2.48. The molecule has 0 bridgehead atoms. The van der Waals surface area contributed by atoms with Gasteiger partial charge in [-0.2, -0.15) is 16.1 Å². The molecular formula is C11H24N2O2S2. The van der Waals surface area contributed by atoms with Crippen LogP contribution >= 0.6 is 11.8 Å². The van der Waals surface area contributed by atoms with Gasteiger partial charge in [0.05, 0.1) is 6.26 Å². The molecule has 0 spiro atoms. The van der Waals surface area contributed by atoms with E-state index < -0.39 is 10.0 Å². The first-order valence-electron chi connectivity index (χ1n) is 6.15. The normalized spacial score (nSPS) is 20.0. The van der Waals surface area contributed by atoms with E-state index in [0.29, 0.717) is 13.1 Å². The van der Waals surface area contributed by atoms with Crippen LogP contribution in [0.1, 0.15) is 13.8 Å². The number of piperazine rings is 1. The summed E-state index contributed by atoms with van der Waals surface area (Å²) in [6, 6.07) is 0. The molecule has 1 saturated heterocycles. The molecule has 1 aliphatic heterocycles. The van der Waals surface area contributed by atoms with E-state index in [1.807, 2.05) is 11.8 Å². The fourth-order valence-corrected chi connectivity index (χ4v) is 3.65. The summed E-state index contributed by atoms with van der Waals surface area (Å²) in [7, 11) is -2.98. The van der Waals surface area contributed by atoms with E-state index in [9.17, 15) is 8.42 Å². The summed E-state index contributed by atoms with van der Waals surface area (Å²) in [6.07, 6.45) is 1.29. The number of sulfonamides is 1. The molecule has 0 aromatic carbocycles. The van der Waals surface area contributed by atoms with Crippen LogP contribution in [-0.4, -0.2) is 68.1 Å². The third kappa shape index (κ3) is 6.08. The van der Waals surface area contributed by atoms with Crippen molar-refractivity contribution < 1.29 is 8.42 Å². The molecule has 1 heterocycles. The van der Waals surface area contributed by atoms with E-state index in [1.165, 1.54) is 12.0 Å². The van der Waals surface area contributed by atoms with Crippen molar-refractivity contribution in [1.82, 2.24) is 9.21 Å². The quantitative estimate of drug-likeness (QED) is 0.679. The van der Waals surface area contributed by atoms with Crippen molar-refractivity contribution in [2.24, 2.45) is 5.92 Å². The summed E-state index contributed by atoms with van der Waals surface area (Å²) in [6.45, 7) is 8.58. The summed E-state index contributed by atoms with van der Waals surface area (Å²) in [5.74, 6) is 3.11. The summed E-state index contributed by atoms with van der Waals surface area (Å²) >= 11 is 1.99. The molecule has 4 nitrogen and oxygen atoms in total. The van der Waals surface area contributed by atoms with E-state index in [0.717, 1.165) is 31.3 Å². The van der Waals surface area contributed by atoms with E-state index >= 15 is 0 Å². The lowest BCUT2D eigenvalue weighted by atomic mass is 10.3. The van der Waals surface area contributed by atoms with Crippen LogP contribution in [0.5, 0.6) is 0 Å². The standard InChI is InChI=1S/C11H24N2O2S2/c1-11(2)10-16-9-8-12-4-6-13(7-5-12)17(3,14)15/h11H,4-10H2,1-3H3. The number of hydrogen-bond acceptors (Lipinski definition) is 4. The van der Waals surface area contributed by atoms with Crippen molar-refractivity contribution in [3.05, 3.63) is 0 Å². The van der Waals surface area contributed by atoms with Gasteiger partial charge in [-0.1, -0.05) is 13.8 Å². The highest BCUT2D eigenvalue weighted by Gasteiger charge is 2.22. The van der Waals surface area contributed by atoms with Gasteiger partial charge < -0.3 is 0 Å². The molecule has 0 aromatic rings. The third-order valence-electron chi connectivity index (χ3n) is 2.80. The smallest absolute Gasteiger partial charge is 0.211 e. The van der Waals surface area contributed by atoms with Crippen molar-refractivity contribution in [3.63, 3.8) is 0 Å². The Labute approximate surface area is 110 Å². The first-order chi connectivity index (χ1) is 7.89. The van der Waals surface area contributed by atoms with Crippen LogP contribution in [0.25, 0.3) is 0 Å². The summed E-state index contributed by atoms with van der Waals surface area (Å²) in [5.41, 5.74) is 0. The maximum atomic E-state index is 11.3. The van der Waals surface area contributed by atoms with Crippen LogP contribution in [0, 0.1) is 5.92 Å². The highest BCUT2D eigenvalue weighted by molar-refractivity contribution is 7.99. The molecule has 17 heavy (non-hydrogen) atoms. The van der Waals surface area contributed by atoms with Crippen LogP contribution in [-0.2, 0) is 10.0 Å². The van der Waals surface area contributed by atoms with Gasteiger partial charge in [-0.25, -0.2) is 8.42 Å². The monoisotopic (exact) mass is 280 g/mol. The van der Waals surface area contributed by atoms with Crippen LogP contribution < -0.4 is 0 Å².